The van der Waals surface area contributed by atoms with Gasteiger partial charge in [-0.25, -0.2) is 0 Å². The second-order valence-electron chi connectivity index (χ2n) is 33.3. The molecule has 688 valence electrons. The minimum Gasteiger partial charge on any atom is -0.508 e. The van der Waals surface area contributed by atoms with Crippen LogP contribution in [-0.4, -0.2) is 219 Å². The molecule has 0 spiro atoms. The Morgan fingerprint density at radius 3 is 1.42 bits per heavy atom. The predicted octanol–water partition coefficient (Wildman–Crippen LogP) is -0.0565. The lowest BCUT2D eigenvalue weighted by Crippen LogP contribution is -2.65. The van der Waals surface area contributed by atoms with Crippen LogP contribution < -0.4 is 97.8 Å². The summed E-state index contributed by atoms with van der Waals surface area (Å²) in [6.45, 7) is 14.6. The molecule has 3 aromatic rings. The molecule has 15 atom stereocenters. The van der Waals surface area contributed by atoms with Crippen LogP contribution in [0.2, 0.25) is 0 Å². The number of carboxylic acids is 1. The SMILES string of the molecule is CC[C@H](C)[C@H](N)C(=O)N[C@H](C(=O)N[C@@H](Cc1ccccc1)C(=O)N[C@@]1(C)CCC/C=C/CCC[C@@](C)(C(=O)N[C@@H](Cc2ccc(O)cc2)C(=O)N[C@@H](Cc2ccc(O)cc2)C(=O)NCC(=O)N[C@@H](CCCCN)C(=O)N[C@@H](CCCCN)C(=O)N[C@@H](CCCCN)C(N)=O)NC(=O)[C@H](CC(C)C)NC(=O)[C@H](CC(C)C)NC(=O)[C@H](CC(=O)O)NC1=O)[C@@H](C)O. The second-order valence-corrected chi connectivity index (χ2v) is 33.3. The Hall–Kier alpha value is -11.1. The Morgan fingerprint density at radius 2 is 0.935 bits per heavy atom. The summed E-state index contributed by atoms with van der Waals surface area (Å²) < 4.78 is 0. The van der Waals surface area contributed by atoms with Crippen LogP contribution in [0.3, 0.4) is 0 Å². The zero-order valence-corrected chi connectivity index (χ0v) is 73.0. The van der Waals surface area contributed by atoms with Crippen LogP contribution in [0.25, 0.3) is 0 Å². The molecule has 1 aliphatic rings. The summed E-state index contributed by atoms with van der Waals surface area (Å²) in [6, 6.07) is 3.83. The molecule has 0 saturated carbocycles. The van der Waals surface area contributed by atoms with Crippen molar-refractivity contribution < 1.29 is 92.3 Å². The normalized spacial score (nSPS) is 20.2. The lowest BCUT2D eigenvalue weighted by Gasteiger charge is -2.34. The lowest BCUT2D eigenvalue weighted by atomic mass is 9.90. The summed E-state index contributed by atoms with van der Waals surface area (Å²) in [5.74, 6) is -15.6. The van der Waals surface area contributed by atoms with Gasteiger partial charge in [-0.3, -0.25) is 71.9 Å². The first-order valence-corrected chi connectivity index (χ1v) is 42.9. The van der Waals surface area contributed by atoms with Gasteiger partial charge in [-0.15, -0.1) is 0 Å². The number of aliphatic hydroxyl groups is 1. The average Bonchev–Trinajstić information content (AvgIpc) is 0.850. The fourth-order valence-electron chi connectivity index (χ4n) is 13.8. The van der Waals surface area contributed by atoms with E-state index in [2.05, 4.69) is 69.1 Å². The van der Waals surface area contributed by atoms with Gasteiger partial charge in [-0.2, -0.15) is 0 Å². The summed E-state index contributed by atoms with van der Waals surface area (Å²) in [5, 5.41) is 76.4. The molecule has 0 aliphatic carbocycles. The molecule has 0 fully saturated rings. The minimum atomic E-state index is -2.03. The van der Waals surface area contributed by atoms with Gasteiger partial charge in [0.15, 0.2) is 0 Å². The van der Waals surface area contributed by atoms with Crippen molar-refractivity contribution in [3.05, 3.63) is 108 Å². The quantitative estimate of drug-likeness (QED) is 0.0260. The number of hydrogen-bond donors (Lipinski definition) is 22. The number of allylic oxidation sites excluding steroid dienone is 2. The van der Waals surface area contributed by atoms with E-state index in [0.29, 0.717) is 68.2 Å². The van der Waals surface area contributed by atoms with Crippen LogP contribution in [0, 0.1) is 17.8 Å². The van der Waals surface area contributed by atoms with Crippen LogP contribution in [0.5, 0.6) is 11.5 Å². The zero-order valence-electron chi connectivity index (χ0n) is 73.0. The van der Waals surface area contributed by atoms with E-state index in [9.17, 15) is 73.2 Å². The number of nitrogens with two attached hydrogens (primary N) is 5. The standard InChI is InChI=1S/C87H136N18O19/c1-10-53(6)71(91)82(121)103-72(54(7)106)83(122)100-67(46-55-26-16-15-17-27-55)81(120)105-87(9)40-22-14-12-11-13-21-39-86(8,104-80(119)64(45-52(4)5)98-77(116)63(44-51(2)3)97-79(118)68(49-70(110)111)102-85(87)124)84(123)101-66(48-57-33-37-59(108)38-34-57)78(117)99-65(47-56-31-35-58(107)36-32-56)74(113)93-50-69(109)94-61(29-19-24-42-89)75(114)96-62(30-20-25-43-90)76(115)95-60(73(92)112)28-18-23-41-88/h11-12,15-17,26-27,31-38,51-54,60-68,71-72,106-108H,10,13-14,18-25,28-30,39-50,88-91H2,1-9H3,(H2,92,112)(H,93,113)(H,94,109)(H,95,115)(H,96,114)(H,97,118)(H,98,116)(H,99,117)(H,100,122)(H,101,123)(H,102,124)(H,103,121)(H,104,119)(H,105,120)(H,110,111)/b12-11+/t53-,54+,60-,61-,62-,63-,64-,65-,66-,67-,68-,71-,72-,86-,87-/m0/s1. The third-order valence-corrected chi connectivity index (χ3v) is 21.5. The largest absolute Gasteiger partial charge is 0.508 e. The molecule has 37 nitrogen and oxygen atoms in total. The second kappa shape index (κ2) is 53.8. The summed E-state index contributed by atoms with van der Waals surface area (Å²) in [5.41, 5.74) is 26.4. The van der Waals surface area contributed by atoms with E-state index in [4.69, 9.17) is 28.7 Å². The smallest absolute Gasteiger partial charge is 0.305 e. The average molecular weight is 1740 g/mol. The molecular formula is C87H136N18O19. The van der Waals surface area contributed by atoms with Gasteiger partial charge in [0, 0.05) is 19.3 Å². The molecule has 0 aromatic heterocycles. The van der Waals surface area contributed by atoms with Crippen LogP contribution in [0.4, 0.5) is 0 Å². The lowest BCUT2D eigenvalue weighted by molar-refractivity contribution is -0.142. The Morgan fingerprint density at radius 1 is 0.500 bits per heavy atom. The molecule has 3 aromatic carbocycles. The van der Waals surface area contributed by atoms with Gasteiger partial charge in [-0.1, -0.05) is 115 Å². The molecule has 1 heterocycles. The number of hydrogen-bond acceptors (Lipinski definition) is 22. The van der Waals surface area contributed by atoms with Crippen LogP contribution in [0.1, 0.15) is 201 Å². The van der Waals surface area contributed by atoms with Gasteiger partial charge in [0.2, 0.25) is 82.7 Å². The highest BCUT2D eigenvalue weighted by Crippen LogP contribution is 2.24. The number of phenols is 2. The number of unbranched alkanes of at least 4 members (excludes halogenated alkanes) is 3. The first-order valence-electron chi connectivity index (χ1n) is 42.9. The van der Waals surface area contributed by atoms with Crippen LogP contribution in [-0.2, 0) is 91.2 Å². The van der Waals surface area contributed by atoms with E-state index in [0.717, 1.165) is 0 Å². The molecule has 0 saturated heterocycles. The van der Waals surface area contributed by atoms with Crippen molar-refractivity contribution in [2.24, 2.45) is 46.4 Å². The highest BCUT2D eigenvalue weighted by Gasteiger charge is 2.44. The number of nitrogens with one attached hydrogen (secondary N) is 13. The van der Waals surface area contributed by atoms with Gasteiger partial charge in [0.25, 0.3) is 0 Å². The molecule has 14 amide bonds. The Bertz CT molecular complexity index is 4020. The number of aliphatic hydroxyl groups excluding tert-OH is 1. The number of phenolic OH excluding ortho intramolecular Hbond substituents is 2. The molecule has 0 bridgehead atoms. The number of amides is 14. The highest BCUT2D eigenvalue weighted by molar-refractivity contribution is 6.02. The van der Waals surface area contributed by atoms with Gasteiger partial charge >= 0.3 is 5.97 Å². The van der Waals surface area contributed by atoms with Crippen LogP contribution >= 0.6 is 0 Å². The van der Waals surface area contributed by atoms with Crippen molar-refractivity contribution in [2.45, 2.75) is 287 Å². The van der Waals surface area contributed by atoms with Crippen molar-refractivity contribution in [1.29, 1.82) is 0 Å². The van der Waals surface area contributed by atoms with Crippen molar-refractivity contribution >= 4 is 88.7 Å². The van der Waals surface area contributed by atoms with Gasteiger partial charge in [-0.05, 0) is 208 Å². The first-order chi connectivity index (χ1) is 58.7. The van der Waals surface area contributed by atoms with Crippen molar-refractivity contribution in [3.8, 4) is 11.5 Å². The zero-order chi connectivity index (χ0) is 92.4. The highest BCUT2D eigenvalue weighted by atomic mass is 16.4. The first kappa shape index (κ1) is 105. The van der Waals surface area contributed by atoms with Crippen LogP contribution in [0.15, 0.2) is 91.0 Å². The van der Waals surface area contributed by atoms with E-state index >= 15 is 19.2 Å². The number of benzene rings is 3. The Kier molecular flexibility index (Phi) is 45.6. The van der Waals surface area contributed by atoms with Crippen molar-refractivity contribution in [1.82, 2.24) is 69.1 Å². The number of carboxylic acid groups (broad SMARTS) is 1. The molecule has 0 radical (unpaired) electrons. The molecule has 37 heteroatoms. The maximum Gasteiger partial charge on any atom is 0.305 e. The molecule has 27 N–H and O–H groups in total. The van der Waals surface area contributed by atoms with E-state index in [1.165, 1.54) is 69.3 Å². The summed E-state index contributed by atoms with van der Waals surface area (Å²) in [7, 11) is 0. The van der Waals surface area contributed by atoms with Crippen molar-refractivity contribution in [3.63, 3.8) is 0 Å². The molecule has 124 heavy (non-hydrogen) atoms. The van der Waals surface area contributed by atoms with E-state index < -0.39 is 185 Å². The Labute approximate surface area is 725 Å². The van der Waals surface area contributed by atoms with Crippen molar-refractivity contribution in [2.75, 3.05) is 26.2 Å². The summed E-state index contributed by atoms with van der Waals surface area (Å²) in [6.07, 6.45) is 3.75. The molecular weight excluding hydrogens is 1600 g/mol. The topological polar surface area (TPSA) is 623 Å². The number of carbonyl (C=O) groups is 15. The molecule has 0 unspecified atom stereocenters. The number of aliphatic carboxylic acids is 1. The predicted molar refractivity (Wildman–Crippen MR) is 464 cm³/mol. The third kappa shape index (κ3) is 37.1. The van der Waals surface area contributed by atoms with Gasteiger partial charge in [0.05, 0.1) is 25.1 Å². The molecule has 4 rings (SSSR count). The maximum atomic E-state index is 15.6. The van der Waals surface area contributed by atoms with E-state index in [1.54, 1.807) is 77.1 Å². The molecule has 1 aliphatic heterocycles. The summed E-state index contributed by atoms with van der Waals surface area (Å²) >= 11 is 0. The fourth-order valence-corrected chi connectivity index (χ4v) is 13.8. The monoisotopic (exact) mass is 1740 g/mol. The number of rotatable bonds is 46. The number of aromatic hydroxyl groups is 2. The number of primary amides is 1. The summed E-state index contributed by atoms with van der Waals surface area (Å²) in [4.78, 5) is 215. The van der Waals surface area contributed by atoms with Gasteiger partial charge < -0.3 is 118 Å². The maximum absolute atomic E-state index is 15.6. The third-order valence-electron chi connectivity index (χ3n) is 21.5. The fraction of sp³-hybridized carbons (Fsp3) is 0.598. The number of carbonyl (C=O) groups excluding carboxylic acids is 14. The van der Waals surface area contributed by atoms with E-state index in [-0.39, 0.29) is 132 Å². The van der Waals surface area contributed by atoms with Gasteiger partial charge in [0.1, 0.15) is 83.0 Å². The minimum absolute atomic E-state index is 0.0271. The Balaban J connectivity index is 1.79. The van der Waals surface area contributed by atoms with E-state index in [1.807, 2.05) is 6.92 Å².